The van der Waals surface area contributed by atoms with Gasteiger partial charge in [0.25, 0.3) is 0 Å². The zero-order valence-electron chi connectivity index (χ0n) is 11.9. The second-order valence-corrected chi connectivity index (χ2v) is 6.19. The molecule has 1 aromatic rings. The van der Waals surface area contributed by atoms with E-state index in [1.807, 2.05) is 0 Å². The summed E-state index contributed by atoms with van der Waals surface area (Å²) >= 11 is 0. The number of pyridine rings is 1. The van der Waals surface area contributed by atoms with Crippen LogP contribution in [-0.4, -0.2) is 26.0 Å². The molecule has 1 heterocycles. The summed E-state index contributed by atoms with van der Waals surface area (Å²) in [7, 11) is -4.19. The molecule has 0 bridgehead atoms. The van der Waals surface area contributed by atoms with E-state index in [9.17, 15) is 21.6 Å². The molecule has 122 valence electrons. The highest BCUT2D eigenvalue weighted by atomic mass is 32.2. The van der Waals surface area contributed by atoms with Crippen LogP contribution in [0.3, 0.4) is 0 Å². The Balaban J connectivity index is 3.24. The lowest BCUT2D eigenvalue weighted by Gasteiger charge is -2.15. The molecule has 0 fully saturated rings. The minimum absolute atomic E-state index is 0.103. The number of hydrogen-bond donors (Lipinski definition) is 2. The van der Waals surface area contributed by atoms with Gasteiger partial charge in [-0.3, -0.25) is 0 Å². The van der Waals surface area contributed by atoms with Gasteiger partial charge in [-0.2, -0.15) is 18.4 Å². The summed E-state index contributed by atoms with van der Waals surface area (Å²) in [5.41, 5.74) is -1.16. The second-order valence-electron chi connectivity index (χ2n) is 4.48. The number of halogens is 3. The predicted octanol–water partition coefficient (Wildman–Crippen LogP) is 2.11. The highest BCUT2D eigenvalue weighted by Gasteiger charge is 2.36. The first kappa shape index (κ1) is 18.2. The highest BCUT2D eigenvalue weighted by molar-refractivity contribution is 7.89. The van der Waals surface area contributed by atoms with Crippen LogP contribution in [-0.2, 0) is 16.2 Å². The van der Waals surface area contributed by atoms with Gasteiger partial charge in [-0.15, -0.1) is 0 Å². The average Bonchev–Trinajstić information content (AvgIpc) is 2.37. The molecule has 22 heavy (non-hydrogen) atoms. The number of nitriles is 1. The number of nitrogens with zero attached hydrogens (tertiary/aromatic N) is 2. The third kappa shape index (κ3) is 4.57. The van der Waals surface area contributed by atoms with Crippen molar-refractivity contribution in [3.8, 4) is 6.07 Å². The third-order valence-corrected chi connectivity index (χ3v) is 4.13. The molecule has 0 aromatic carbocycles. The van der Waals surface area contributed by atoms with Gasteiger partial charge in [0.15, 0.2) is 0 Å². The molecule has 6 nitrogen and oxygen atoms in total. The van der Waals surface area contributed by atoms with E-state index in [-0.39, 0.29) is 13.0 Å². The van der Waals surface area contributed by atoms with Crippen LogP contribution in [0.1, 0.15) is 25.8 Å². The van der Waals surface area contributed by atoms with Gasteiger partial charge in [0.1, 0.15) is 10.7 Å². The van der Waals surface area contributed by atoms with Crippen molar-refractivity contribution in [3.05, 3.63) is 17.8 Å². The molecule has 0 aliphatic carbocycles. The Hall–Kier alpha value is -1.86. The van der Waals surface area contributed by atoms with Gasteiger partial charge in [0.05, 0.1) is 18.1 Å². The Morgan fingerprint density at radius 2 is 2.09 bits per heavy atom. The van der Waals surface area contributed by atoms with Crippen molar-refractivity contribution < 1.29 is 21.6 Å². The first-order chi connectivity index (χ1) is 10.1. The van der Waals surface area contributed by atoms with Gasteiger partial charge in [0, 0.05) is 18.8 Å². The van der Waals surface area contributed by atoms with Gasteiger partial charge < -0.3 is 5.32 Å². The molecule has 1 aromatic heterocycles. The number of sulfonamides is 1. The number of rotatable bonds is 6. The van der Waals surface area contributed by atoms with Crippen LogP contribution in [0.15, 0.2) is 17.2 Å². The number of anilines is 1. The largest absolute Gasteiger partial charge is 0.419 e. The van der Waals surface area contributed by atoms with Gasteiger partial charge in [-0.1, -0.05) is 0 Å². The summed E-state index contributed by atoms with van der Waals surface area (Å²) in [5.74, 6) is -0.431. The summed E-state index contributed by atoms with van der Waals surface area (Å²) in [6.45, 7) is 3.24. The van der Waals surface area contributed by atoms with Crippen molar-refractivity contribution in [2.24, 2.45) is 0 Å². The third-order valence-electron chi connectivity index (χ3n) is 2.58. The Morgan fingerprint density at radius 1 is 1.45 bits per heavy atom. The first-order valence-corrected chi connectivity index (χ1v) is 7.80. The van der Waals surface area contributed by atoms with Crippen LogP contribution >= 0.6 is 0 Å². The topological polar surface area (TPSA) is 94.9 Å². The molecule has 0 aliphatic rings. The van der Waals surface area contributed by atoms with Crippen molar-refractivity contribution in [1.29, 1.82) is 5.26 Å². The zero-order valence-corrected chi connectivity index (χ0v) is 12.7. The predicted molar refractivity (Wildman–Crippen MR) is 73.4 cm³/mol. The molecule has 1 rings (SSSR count). The van der Waals surface area contributed by atoms with E-state index in [1.54, 1.807) is 13.0 Å². The number of nitrogens with one attached hydrogen (secondary N) is 2. The molecule has 2 N–H and O–H groups in total. The fraction of sp³-hybridized carbons (Fsp3) is 0.500. The van der Waals surface area contributed by atoms with Crippen molar-refractivity contribution in [3.63, 3.8) is 0 Å². The number of alkyl halides is 3. The maximum Gasteiger partial charge on any atom is 0.419 e. The van der Waals surface area contributed by atoms with Gasteiger partial charge in [0.2, 0.25) is 10.0 Å². The quantitative estimate of drug-likeness (QED) is 0.830. The van der Waals surface area contributed by atoms with Crippen molar-refractivity contribution in [1.82, 2.24) is 9.71 Å². The average molecular weight is 336 g/mol. The van der Waals surface area contributed by atoms with E-state index < -0.39 is 38.5 Å². The van der Waals surface area contributed by atoms with Gasteiger partial charge in [-0.05, 0) is 19.9 Å². The summed E-state index contributed by atoms with van der Waals surface area (Å²) in [6.07, 6.45) is -4.00. The minimum atomic E-state index is -4.74. The molecule has 0 radical (unpaired) electrons. The van der Waals surface area contributed by atoms with Crippen LogP contribution in [0, 0.1) is 11.3 Å². The molecule has 1 atom stereocenters. The van der Waals surface area contributed by atoms with Crippen molar-refractivity contribution in [2.75, 3.05) is 11.9 Å². The molecular formula is C12H15F3N4O2S. The van der Waals surface area contributed by atoms with Crippen molar-refractivity contribution in [2.45, 2.75) is 37.4 Å². The van der Waals surface area contributed by atoms with E-state index in [4.69, 9.17) is 5.26 Å². The van der Waals surface area contributed by atoms with Crippen LogP contribution in [0.25, 0.3) is 0 Å². The Labute approximate surface area is 126 Å². The SMILES string of the molecule is CCNc1ncc(S(=O)(=O)NC(C)CC#N)cc1C(F)(F)F. The lowest BCUT2D eigenvalue weighted by atomic mass is 10.2. The molecule has 0 saturated carbocycles. The monoisotopic (exact) mass is 336 g/mol. The van der Waals surface area contributed by atoms with Crippen LogP contribution < -0.4 is 10.0 Å². The molecule has 0 amide bonds. The fourth-order valence-corrected chi connectivity index (χ4v) is 2.84. The lowest BCUT2D eigenvalue weighted by Crippen LogP contribution is -2.32. The maximum absolute atomic E-state index is 13.0. The molecule has 1 unspecified atom stereocenters. The lowest BCUT2D eigenvalue weighted by molar-refractivity contribution is -0.137. The Morgan fingerprint density at radius 3 is 2.59 bits per heavy atom. The standard InChI is InChI=1S/C12H15F3N4O2S/c1-3-17-11-10(12(13,14)15)6-9(7-18-11)22(20,21)19-8(2)4-5-16/h6-8,19H,3-4H2,1-2H3,(H,17,18). The summed E-state index contributed by atoms with van der Waals surface area (Å²) in [5, 5.41) is 10.9. The number of aromatic nitrogens is 1. The zero-order chi connectivity index (χ0) is 17.0. The van der Waals surface area contributed by atoms with E-state index in [0.29, 0.717) is 6.07 Å². The minimum Gasteiger partial charge on any atom is -0.370 e. The molecule has 0 aliphatic heterocycles. The highest BCUT2D eigenvalue weighted by Crippen LogP contribution is 2.35. The Bertz CT molecular complexity index is 668. The molecule has 0 spiro atoms. The summed E-state index contributed by atoms with van der Waals surface area (Å²) in [6, 6.07) is 1.57. The van der Waals surface area contributed by atoms with E-state index >= 15 is 0 Å². The van der Waals surface area contributed by atoms with E-state index in [1.165, 1.54) is 6.92 Å². The van der Waals surface area contributed by atoms with Crippen LogP contribution in [0.4, 0.5) is 19.0 Å². The maximum atomic E-state index is 13.0. The Kier molecular flexibility index (Phi) is 5.73. The summed E-state index contributed by atoms with van der Waals surface area (Å²) in [4.78, 5) is 2.93. The van der Waals surface area contributed by atoms with Crippen molar-refractivity contribution >= 4 is 15.8 Å². The fourth-order valence-electron chi connectivity index (χ4n) is 1.63. The number of hydrogen-bond acceptors (Lipinski definition) is 5. The van der Waals surface area contributed by atoms with E-state index in [2.05, 4.69) is 15.0 Å². The van der Waals surface area contributed by atoms with Gasteiger partial charge >= 0.3 is 6.18 Å². The second kappa shape index (κ2) is 6.93. The van der Waals surface area contributed by atoms with E-state index in [0.717, 1.165) is 6.20 Å². The normalized spacial score (nSPS) is 13.5. The van der Waals surface area contributed by atoms with Crippen LogP contribution in [0.2, 0.25) is 0 Å². The molecular weight excluding hydrogens is 321 g/mol. The van der Waals surface area contributed by atoms with Gasteiger partial charge in [-0.25, -0.2) is 18.1 Å². The smallest absolute Gasteiger partial charge is 0.370 e. The molecule has 0 saturated heterocycles. The summed E-state index contributed by atoms with van der Waals surface area (Å²) < 4.78 is 65.1. The first-order valence-electron chi connectivity index (χ1n) is 6.32. The van der Waals surface area contributed by atoms with Crippen LogP contribution in [0.5, 0.6) is 0 Å². The molecule has 10 heteroatoms.